The number of hydrogen-bond acceptors (Lipinski definition) is 4. The van der Waals surface area contributed by atoms with Crippen LogP contribution in [0, 0.1) is 0 Å². The van der Waals surface area contributed by atoms with E-state index in [-0.39, 0.29) is 17.5 Å². The molecule has 2 atom stereocenters. The molecule has 3 N–H and O–H groups in total. The Balaban J connectivity index is 2.63. The van der Waals surface area contributed by atoms with Crippen molar-refractivity contribution in [3.63, 3.8) is 0 Å². The van der Waals surface area contributed by atoms with Gasteiger partial charge in [-0.05, 0) is 44.7 Å². The second-order valence-corrected chi connectivity index (χ2v) is 6.37. The molecular formula is C16H25N3O2. The predicted molar refractivity (Wildman–Crippen MR) is 84.4 cm³/mol. The number of fused-ring (bicyclic) bond motifs is 1. The second-order valence-electron chi connectivity index (χ2n) is 6.37. The van der Waals surface area contributed by atoms with Crippen molar-refractivity contribution in [2.75, 3.05) is 12.0 Å². The fraction of sp³-hybridized carbons (Fsp3) is 0.562. The Morgan fingerprint density at radius 2 is 2.19 bits per heavy atom. The molecule has 0 radical (unpaired) electrons. The third-order valence-electron chi connectivity index (χ3n) is 4.39. The largest absolute Gasteiger partial charge is 0.495 e. The summed E-state index contributed by atoms with van der Waals surface area (Å²) in [6, 6.07) is 5.68. The molecule has 0 saturated carbocycles. The van der Waals surface area contributed by atoms with Gasteiger partial charge in [-0.2, -0.15) is 0 Å². The number of carbonyl (C=O) groups is 1. The Labute approximate surface area is 126 Å². The third-order valence-corrected chi connectivity index (χ3v) is 4.39. The number of hydrogen-bond donors (Lipinski definition) is 2. The van der Waals surface area contributed by atoms with E-state index in [4.69, 9.17) is 10.6 Å². The molecule has 1 aliphatic rings. The molecule has 0 bridgehead atoms. The van der Waals surface area contributed by atoms with Crippen LogP contribution in [0.15, 0.2) is 18.2 Å². The number of ether oxygens (including phenoxy) is 1. The first-order valence-electron chi connectivity index (χ1n) is 7.30. The summed E-state index contributed by atoms with van der Waals surface area (Å²) >= 11 is 0. The lowest BCUT2D eigenvalue weighted by atomic mass is 9.79. The molecule has 1 amide bonds. The van der Waals surface area contributed by atoms with E-state index in [1.165, 1.54) is 5.56 Å². The van der Waals surface area contributed by atoms with Crippen LogP contribution in [-0.2, 0) is 4.79 Å². The molecular weight excluding hydrogens is 266 g/mol. The van der Waals surface area contributed by atoms with Gasteiger partial charge in [-0.1, -0.05) is 19.1 Å². The van der Waals surface area contributed by atoms with Crippen LogP contribution < -0.4 is 20.9 Å². The molecule has 1 aromatic carbocycles. The molecule has 116 valence electrons. The summed E-state index contributed by atoms with van der Waals surface area (Å²) in [5.74, 6) is 6.34. The number of rotatable bonds is 3. The van der Waals surface area contributed by atoms with Crippen molar-refractivity contribution in [2.24, 2.45) is 5.84 Å². The number of para-hydroxylation sites is 1. The van der Waals surface area contributed by atoms with Crippen molar-refractivity contribution in [2.45, 2.75) is 51.6 Å². The van der Waals surface area contributed by atoms with Gasteiger partial charge in [0.1, 0.15) is 11.8 Å². The van der Waals surface area contributed by atoms with Gasteiger partial charge in [-0.25, -0.2) is 5.84 Å². The first-order valence-corrected chi connectivity index (χ1v) is 7.30. The number of benzene rings is 1. The summed E-state index contributed by atoms with van der Waals surface area (Å²) < 4.78 is 5.54. The number of hydrazine groups is 1. The van der Waals surface area contributed by atoms with Crippen LogP contribution in [0.2, 0.25) is 0 Å². The lowest BCUT2D eigenvalue weighted by molar-refractivity contribution is -0.122. The Bertz CT molecular complexity index is 542. The number of nitrogens with one attached hydrogen (secondary N) is 1. The number of amides is 1. The minimum atomic E-state index is -0.368. The maximum atomic E-state index is 12.1. The van der Waals surface area contributed by atoms with E-state index in [9.17, 15) is 4.79 Å². The van der Waals surface area contributed by atoms with Gasteiger partial charge in [0.15, 0.2) is 0 Å². The number of nitrogens with two attached hydrogens (primary N) is 1. The Kier molecular flexibility index (Phi) is 4.14. The highest BCUT2D eigenvalue weighted by Gasteiger charge is 2.42. The van der Waals surface area contributed by atoms with E-state index in [0.29, 0.717) is 5.92 Å². The van der Waals surface area contributed by atoms with E-state index in [0.717, 1.165) is 17.9 Å². The maximum absolute atomic E-state index is 12.1. The summed E-state index contributed by atoms with van der Waals surface area (Å²) in [5, 5.41) is 0. The lowest BCUT2D eigenvalue weighted by Crippen LogP contribution is -2.58. The molecule has 0 aromatic heterocycles. The van der Waals surface area contributed by atoms with Crippen LogP contribution in [0.3, 0.4) is 0 Å². The van der Waals surface area contributed by atoms with Crippen LogP contribution in [0.25, 0.3) is 0 Å². The topological polar surface area (TPSA) is 67.6 Å². The fourth-order valence-electron chi connectivity index (χ4n) is 3.58. The molecule has 5 heteroatoms. The Hall–Kier alpha value is -1.75. The van der Waals surface area contributed by atoms with Gasteiger partial charge in [0.25, 0.3) is 5.91 Å². The van der Waals surface area contributed by atoms with Crippen LogP contribution in [-0.4, -0.2) is 24.6 Å². The minimum absolute atomic E-state index is 0.160. The van der Waals surface area contributed by atoms with E-state index in [2.05, 4.69) is 37.2 Å². The van der Waals surface area contributed by atoms with Gasteiger partial charge in [0.05, 0.1) is 12.8 Å². The van der Waals surface area contributed by atoms with Crippen LogP contribution in [0.1, 0.15) is 45.6 Å². The quantitative estimate of drug-likeness (QED) is 0.509. The number of methoxy groups -OCH3 is 1. The molecule has 0 aliphatic carbocycles. The van der Waals surface area contributed by atoms with Crippen molar-refractivity contribution in [3.05, 3.63) is 23.8 Å². The number of anilines is 1. The number of nitrogens with zero attached hydrogens (tertiary/aromatic N) is 1. The normalized spacial score (nSPS) is 21.4. The van der Waals surface area contributed by atoms with Crippen LogP contribution in [0.4, 0.5) is 5.69 Å². The van der Waals surface area contributed by atoms with Gasteiger partial charge in [0, 0.05) is 5.54 Å². The highest BCUT2D eigenvalue weighted by molar-refractivity contribution is 5.86. The Morgan fingerprint density at radius 3 is 2.76 bits per heavy atom. The van der Waals surface area contributed by atoms with Gasteiger partial charge < -0.3 is 9.64 Å². The third kappa shape index (κ3) is 2.58. The van der Waals surface area contributed by atoms with Crippen LogP contribution in [0.5, 0.6) is 5.75 Å². The minimum Gasteiger partial charge on any atom is -0.495 e. The summed E-state index contributed by atoms with van der Waals surface area (Å²) in [6.07, 6.45) is 0.968. The standard InChI is InChI=1S/C16H25N3O2/c1-10-9-16(3,4)19(11(2)15(20)18-17)14-12(10)7-6-8-13(14)21-5/h6-8,10-11H,9,17H2,1-5H3,(H,18,20)/t10-,11+/m0/s1. The average Bonchev–Trinajstić information content (AvgIpc) is 2.44. The van der Waals surface area contributed by atoms with Crippen molar-refractivity contribution in [1.82, 2.24) is 5.43 Å². The maximum Gasteiger partial charge on any atom is 0.256 e. The van der Waals surface area contributed by atoms with Gasteiger partial charge in [-0.3, -0.25) is 10.2 Å². The van der Waals surface area contributed by atoms with E-state index in [1.54, 1.807) is 7.11 Å². The predicted octanol–water partition coefficient (Wildman–Crippen LogP) is 2.17. The summed E-state index contributed by atoms with van der Waals surface area (Å²) in [7, 11) is 1.66. The first kappa shape index (κ1) is 15.6. The molecule has 0 unspecified atom stereocenters. The monoisotopic (exact) mass is 291 g/mol. The second kappa shape index (κ2) is 5.56. The van der Waals surface area contributed by atoms with E-state index >= 15 is 0 Å². The molecule has 2 rings (SSSR count). The van der Waals surface area contributed by atoms with Crippen molar-refractivity contribution < 1.29 is 9.53 Å². The smallest absolute Gasteiger partial charge is 0.256 e. The van der Waals surface area contributed by atoms with Crippen molar-refractivity contribution in [3.8, 4) is 5.75 Å². The molecule has 0 saturated heterocycles. The van der Waals surface area contributed by atoms with Gasteiger partial charge in [0.2, 0.25) is 0 Å². The SMILES string of the molecule is COc1cccc2c1N([C@H](C)C(=O)NN)C(C)(C)C[C@@H]2C. The highest BCUT2D eigenvalue weighted by Crippen LogP contribution is 2.48. The molecule has 1 heterocycles. The van der Waals surface area contributed by atoms with Crippen LogP contribution >= 0.6 is 0 Å². The zero-order chi connectivity index (χ0) is 15.8. The summed E-state index contributed by atoms with van der Waals surface area (Å²) in [4.78, 5) is 14.2. The Morgan fingerprint density at radius 1 is 1.52 bits per heavy atom. The van der Waals surface area contributed by atoms with Gasteiger partial charge >= 0.3 is 0 Å². The van der Waals surface area contributed by atoms with E-state index in [1.807, 2.05) is 19.1 Å². The zero-order valence-electron chi connectivity index (χ0n) is 13.4. The van der Waals surface area contributed by atoms with Crippen molar-refractivity contribution in [1.29, 1.82) is 0 Å². The van der Waals surface area contributed by atoms with Gasteiger partial charge in [-0.15, -0.1) is 0 Å². The zero-order valence-corrected chi connectivity index (χ0v) is 13.4. The fourth-order valence-corrected chi connectivity index (χ4v) is 3.58. The van der Waals surface area contributed by atoms with E-state index < -0.39 is 0 Å². The molecule has 21 heavy (non-hydrogen) atoms. The number of carbonyl (C=O) groups excluding carboxylic acids is 1. The molecule has 5 nitrogen and oxygen atoms in total. The molecule has 0 spiro atoms. The first-order chi connectivity index (χ1) is 9.83. The molecule has 1 aromatic rings. The highest BCUT2D eigenvalue weighted by atomic mass is 16.5. The molecule has 0 fully saturated rings. The summed E-state index contributed by atoms with van der Waals surface area (Å²) in [6.45, 7) is 8.39. The summed E-state index contributed by atoms with van der Waals surface area (Å²) in [5.41, 5.74) is 4.31. The average molecular weight is 291 g/mol. The van der Waals surface area contributed by atoms with Crippen molar-refractivity contribution >= 4 is 11.6 Å². The lowest BCUT2D eigenvalue weighted by Gasteiger charge is -2.50. The molecule has 1 aliphatic heterocycles.